The van der Waals surface area contributed by atoms with Gasteiger partial charge in [-0.3, -0.25) is 9.59 Å². The van der Waals surface area contributed by atoms with Gasteiger partial charge in [0.1, 0.15) is 17.5 Å². The van der Waals surface area contributed by atoms with Crippen molar-refractivity contribution in [1.29, 1.82) is 0 Å². The van der Waals surface area contributed by atoms with Crippen LogP contribution in [0.2, 0.25) is 0 Å². The number of rotatable bonds is 10. The van der Waals surface area contributed by atoms with Crippen molar-refractivity contribution in [3.05, 3.63) is 53.6 Å². The van der Waals surface area contributed by atoms with E-state index in [4.69, 9.17) is 33.0 Å². The molecule has 2 aromatic carbocycles. The van der Waals surface area contributed by atoms with Gasteiger partial charge in [0.05, 0.1) is 0 Å². The lowest BCUT2D eigenvalue weighted by Gasteiger charge is -2.23. The van der Waals surface area contributed by atoms with Gasteiger partial charge < -0.3 is 20.1 Å². The van der Waals surface area contributed by atoms with E-state index in [-0.39, 0.29) is 0 Å². The van der Waals surface area contributed by atoms with Crippen molar-refractivity contribution >= 4 is 40.8 Å². The molecule has 0 aliphatic carbocycles. The predicted octanol–water partition coefficient (Wildman–Crippen LogP) is 4.27. The first-order chi connectivity index (χ1) is 13.8. The third kappa shape index (κ3) is 6.54. The van der Waals surface area contributed by atoms with Crippen LogP contribution >= 0.6 is 23.2 Å². The molecule has 0 aliphatic heterocycles. The molecule has 2 rings (SSSR count). The monoisotopic (exact) mass is 438 g/mol. The fourth-order valence-corrected chi connectivity index (χ4v) is 3.07. The summed E-state index contributed by atoms with van der Waals surface area (Å²) in [6.07, 6.45) is 0. The minimum Gasteiger partial charge on any atom is -0.480 e. The standard InChI is InChI=1S/C21H24Cl2N2O4/c1-14-13-17(25(11-9-22)12-10-23)5-8-19(14)29-18-6-3-16(4-7-18)20(26)24-15(2)21(27)28/h3-8,13,15H,9-12H2,1-2H3,(H,24,26)(H,27,28)/t15-/m0/s1. The highest BCUT2D eigenvalue weighted by Gasteiger charge is 2.15. The average molecular weight is 439 g/mol. The Morgan fingerprint density at radius 2 is 1.72 bits per heavy atom. The molecule has 1 atom stereocenters. The number of nitrogens with one attached hydrogen (secondary N) is 1. The molecule has 0 saturated heterocycles. The number of hydrogen-bond donors (Lipinski definition) is 2. The summed E-state index contributed by atoms with van der Waals surface area (Å²) < 4.78 is 5.92. The lowest BCUT2D eigenvalue weighted by molar-refractivity contribution is -0.138. The minimum absolute atomic E-state index is 0.357. The first kappa shape index (κ1) is 22.8. The maximum Gasteiger partial charge on any atom is 0.325 e. The molecule has 0 fully saturated rings. The molecule has 1 amide bonds. The molecule has 0 unspecified atom stereocenters. The van der Waals surface area contributed by atoms with E-state index >= 15 is 0 Å². The highest BCUT2D eigenvalue weighted by atomic mass is 35.5. The molecule has 0 spiro atoms. The topological polar surface area (TPSA) is 78.9 Å². The van der Waals surface area contributed by atoms with E-state index in [0.29, 0.717) is 41.9 Å². The zero-order chi connectivity index (χ0) is 21.4. The van der Waals surface area contributed by atoms with Crippen LogP contribution in [0.5, 0.6) is 11.5 Å². The molecule has 0 aromatic heterocycles. The highest BCUT2D eigenvalue weighted by molar-refractivity contribution is 6.18. The van der Waals surface area contributed by atoms with Crippen LogP contribution in [0.1, 0.15) is 22.8 Å². The van der Waals surface area contributed by atoms with Gasteiger partial charge in [0.15, 0.2) is 0 Å². The van der Waals surface area contributed by atoms with Gasteiger partial charge >= 0.3 is 5.97 Å². The van der Waals surface area contributed by atoms with Crippen LogP contribution in [0, 0.1) is 6.92 Å². The zero-order valence-electron chi connectivity index (χ0n) is 16.3. The molecule has 0 radical (unpaired) electrons. The van der Waals surface area contributed by atoms with Gasteiger partial charge in [-0.1, -0.05) is 0 Å². The van der Waals surface area contributed by atoms with E-state index in [1.165, 1.54) is 6.92 Å². The van der Waals surface area contributed by atoms with Crippen molar-refractivity contribution in [1.82, 2.24) is 5.32 Å². The summed E-state index contributed by atoms with van der Waals surface area (Å²) in [5, 5.41) is 11.3. The summed E-state index contributed by atoms with van der Waals surface area (Å²) in [6, 6.07) is 11.4. The summed E-state index contributed by atoms with van der Waals surface area (Å²) in [4.78, 5) is 25.0. The van der Waals surface area contributed by atoms with Crippen LogP contribution in [0.4, 0.5) is 5.69 Å². The average Bonchev–Trinajstić information content (AvgIpc) is 2.69. The number of aryl methyl sites for hydroxylation is 1. The number of ether oxygens (including phenoxy) is 1. The first-order valence-corrected chi connectivity index (χ1v) is 10.2. The van der Waals surface area contributed by atoms with E-state index < -0.39 is 17.9 Å². The summed E-state index contributed by atoms with van der Waals surface area (Å²) in [7, 11) is 0. The van der Waals surface area contributed by atoms with Crippen LogP contribution in [-0.4, -0.2) is 47.9 Å². The Balaban J connectivity index is 2.08. The SMILES string of the molecule is Cc1cc(N(CCCl)CCCl)ccc1Oc1ccc(C(=O)N[C@@H](C)C(=O)O)cc1. The number of anilines is 1. The number of carboxylic acids is 1. The second kappa shape index (κ2) is 10.9. The van der Waals surface area contributed by atoms with Crippen molar-refractivity contribution < 1.29 is 19.4 Å². The van der Waals surface area contributed by atoms with E-state index in [0.717, 1.165) is 11.3 Å². The number of halogens is 2. The van der Waals surface area contributed by atoms with E-state index in [9.17, 15) is 9.59 Å². The molecular formula is C21H24Cl2N2O4. The predicted molar refractivity (Wildman–Crippen MR) is 116 cm³/mol. The molecule has 0 saturated carbocycles. The van der Waals surface area contributed by atoms with Crippen LogP contribution < -0.4 is 15.0 Å². The number of benzene rings is 2. The Kier molecular flexibility index (Phi) is 8.61. The Morgan fingerprint density at radius 3 is 2.24 bits per heavy atom. The Hall–Kier alpha value is -2.44. The number of amides is 1. The summed E-state index contributed by atoms with van der Waals surface area (Å²) in [6.45, 7) is 4.77. The maximum atomic E-state index is 12.1. The highest BCUT2D eigenvalue weighted by Crippen LogP contribution is 2.29. The maximum absolute atomic E-state index is 12.1. The number of hydrogen-bond acceptors (Lipinski definition) is 4. The summed E-state index contributed by atoms with van der Waals surface area (Å²) in [5.41, 5.74) is 2.33. The van der Waals surface area contributed by atoms with Crippen LogP contribution in [0.25, 0.3) is 0 Å². The van der Waals surface area contributed by atoms with Gasteiger partial charge in [-0.2, -0.15) is 0 Å². The Bertz CT molecular complexity index is 837. The number of carboxylic acid groups (broad SMARTS) is 1. The fraction of sp³-hybridized carbons (Fsp3) is 0.333. The van der Waals surface area contributed by atoms with E-state index in [1.54, 1.807) is 24.3 Å². The van der Waals surface area contributed by atoms with E-state index in [1.807, 2.05) is 25.1 Å². The number of carbonyl (C=O) groups is 2. The molecule has 2 aromatic rings. The lowest BCUT2D eigenvalue weighted by atomic mass is 10.1. The molecule has 0 heterocycles. The number of nitrogens with zero attached hydrogens (tertiary/aromatic N) is 1. The van der Waals surface area contributed by atoms with Crippen molar-refractivity contribution in [2.75, 3.05) is 29.7 Å². The van der Waals surface area contributed by atoms with Crippen LogP contribution in [-0.2, 0) is 4.79 Å². The normalized spacial score (nSPS) is 11.6. The van der Waals surface area contributed by atoms with Crippen molar-refractivity contribution in [2.24, 2.45) is 0 Å². The smallest absolute Gasteiger partial charge is 0.325 e. The van der Waals surface area contributed by atoms with Crippen molar-refractivity contribution in [3.8, 4) is 11.5 Å². The first-order valence-electron chi connectivity index (χ1n) is 9.14. The van der Waals surface area contributed by atoms with E-state index in [2.05, 4.69) is 10.2 Å². The van der Waals surface area contributed by atoms with Gasteiger partial charge in [-0.05, 0) is 61.9 Å². The molecule has 8 heteroatoms. The van der Waals surface area contributed by atoms with Crippen LogP contribution in [0.15, 0.2) is 42.5 Å². The van der Waals surface area contributed by atoms with Crippen molar-refractivity contribution in [2.45, 2.75) is 19.9 Å². The second-order valence-corrected chi connectivity index (χ2v) is 7.23. The Labute approximate surface area is 180 Å². The quantitative estimate of drug-likeness (QED) is 0.541. The summed E-state index contributed by atoms with van der Waals surface area (Å²) in [5.74, 6) is 0.751. The van der Waals surface area contributed by atoms with Crippen LogP contribution in [0.3, 0.4) is 0 Å². The van der Waals surface area contributed by atoms with Gasteiger partial charge in [0.25, 0.3) is 5.91 Å². The molecule has 0 bridgehead atoms. The lowest BCUT2D eigenvalue weighted by Crippen LogP contribution is -2.38. The fourth-order valence-electron chi connectivity index (χ4n) is 2.66. The Morgan fingerprint density at radius 1 is 1.10 bits per heavy atom. The minimum atomic E-state index is -1.09. The number of alkyl halides is 2. The molecule has 29 heavy (non-hydrogen) atoms. The molecule has 2 N–H and O–H groups in total. The molecule has 0 aliphatic rings. The summed E-state index contributed by atoms with van der Waals surface area (Å²) >= 11 is 11.7. The number of aliphatic carboxylic acids is 1. The largest absolute Gasteiger partial charge is 0.480 e. The zero-order valence-corrected chi connectivity index (χ0v) is 17.8. The third-order valence-electron chi connectivity index (χ3n) is 4.29. The number of carbonyl (C=O) groups excluding carboxylic acids is 1. The second-order valence-electron chi connectivity index (χ2n) is 6.47. The van der Waals surface area contributed by atoms with Gasteiger partial charge in [-0.15, -0.1) is 23.2 Å². The molecule has 156 valence electrons. The third-order valence-corrected chi connectivity index (χ3v) is 4.63. The van der Waals surface area contributed by atoms with Gasteiger partial charge in [-0.25, -0.2) is 0 Å². The van der Waals surface area contributed by atoms with Crippen molar-refractivity contribution in [3.63, 3.8) is 0 Å². The molecular weight excluding hydrogens is 415 g/mol. The van der Waals surface area contributed by atoms with Gasteiger partial charge in [0, 0.05) is 36.1 Å². The molecule has 6 nitrogen and oxygen atoms in total. The van der Waals surface area contributed by atoms with Gasteiger partial charge in [0.2, 0.25) is 0 Å².